The molecule has 1 aromatic rings. The second-order valence-corrected chi connectivity index (χ2v) is 3.55. The Morgan fingerprint density at radius 2 is 2.21 bits per heavy atom. The number of ether oxygens (including phenoxy) is 2. The molecule has 1 saturated carbocycles. The quantitative estimate of drug-likeness (QED) is 0.737. The monoisotopic (exact) mass is 196 g/mol. The van der Waals surface area contributed by atoms with Gasteiger partial charge < -0.3 is 9.47 Å². The molecule has 0 heterocycles. The maximum Gasteiger partial charge on any atom is 0.168 e. The number of rotatable bonds is 4. The van der Waals surface area contributed by atoms with Gasteiger partial charge in [0, 0.05) is 6.07 Å². The van der Waals surface area contributed by atoms with Gasteiger partial charge in [-0.3, -0.25) is 0 Å². The molecule has 0 N–H and O–H groups in total. The van der Waals surface area contributed by atoms with Crippen LogP contribution in [0.1, 0.15) is 12.8 Å². The van der Waals surface area contributed by atoms with Crippen LogP contribution in [0.3, 0.4) is 0 Å². The van der Waals surface area contributed by atoms with Crippen molar-refractivity contribution >= 4 is 0 Å². The van der Waals surface area contributed by atoms with Gasteiger partial charge in [0.1, 0.15) is 5.75 Å². The largest absolute Gasteiger partial charge is 0.494 e. The molecule has 0 radical (unpaired) electrons. The third kappa shape index (κ3) is 2.16. The summed E-state index contributed by atoms with van der Waals surface area (Å²) in [5, 5.41) is 0. The van der Waals surface area contributed by atoms with E-state index in [0.717, 1.165) is 0 Å². The number of hydrogen-bond acceptors (Lipinski definition) is 2. The third-order valence-corrected chi connectivity index (χ3v) is 2.31. The maximum absolute atomic E-state index is 13.2. The summed E-state index contributed by atoms with van der Waals surface area (Å²) in [4.78, 5) is 0. The Kier molecular flexibility index (Phi) is 2.57. The Labute approximate surface area is 82.6 Å². The zero-order chi connectivity index (χ0) is 9.97. The molecule has 14 heavy (non-hydrogen) atoms. The van der Waals surface area contributed by atoms with Crippen molar-refractivity contribution in [1.29, 1.82) is 0 Å². The summed E-state index contributed by atoms with van der Waals surface area (Å²) in [5.74, 6) is 1.14. The molecule has 0 atom stereocenters. The number of benzene rings is 1. The summed E-state index contributed by atoms with van der Waals surface area (Å²) < 4.78 is 23.4. The molecule has 0 aliphatic heterocycles. The van der Waals surface area contributed by atoms with Gasteiger partial charge in [0.25, 0.3) is 0 Å². The normalized spacial score (nSPS) is 15.3. The van der Waals surface area contributed by atoms with Gasteiger partial charge in [0.15, 0.2) is 11.6 Å². The van der Waals surface area contributed by atoms with Gasteiger partial charge in [0.2, 0.25) is 0 Å². The van der Waals surface area contributed by atoms with Gasteiger partial charge in [-0.2, -0.15) is 0 Å². The summed E-state index contributed by atoms with van der Waals surface area (Å²) in [6.07, 6.45) is 2.47. The first-order valence-corrected chi connectivity index (χ1v) is 4.76. The van der Waals surface area contributed by atoms with E-state index in [1.165, 1.54) is 26.0 Å². The van der Waals surface area contributed by atoms with Crippen LogP contribution < -0.4 is 9.47 Å². The van der Waals surface area contributed by atoms with Crippen LogP contribution in [-0.2, 0) is 0 Å². The first kappa shape index (κ1) is 9.31. The summed E-state index contributed by atoms with van der Waals surface area (Å²) in [6.45, 7) is 0.700. The van der Waals surface area contributed by atoms with Crippen molar-refractivity contribution in [1.82, 2.24) is 0 Å². The minimum atomic E-state index is -0.374. The topological polar surface area (TPSA) is 18.5 Å². The lowest BCUT2D eigenvalue weighted by atomic mass is 10.3. The zero-order valence-corrected chi connectivity index (χ0v) is 8.13. The van der Waals surface area contributed by atoms with E-state index in [2.05, 4.69) is 0 Å². The maximum atomic E-state index is 13.2. The van der Waals surface area contributed by atoms with Gasteiger partial charge >= 0.3 is 0 Å². The van der Waals surface area contributed by atoms with E-state index >= 15 is 0 Å². The Morgan fingerprint density at radius 1 is 1.43 bits per heavy atom. The molecule has 0 spiro atoms. The molecule has 0 saturated heterocycles. The lowest BCUT2D eigenvalue weighted by Crippen LogP contribution is -1.99. The van der Waals surface area contributed by atoms with Crippen LogP contribution in [0.25, 0.3) is 0 Å². The molecule has 0 aromatic heterocycles. The standard InChI is InChI=1S/C11H13FO2/c1-13-11-5-4-9(6-10(11)12)14-7-8-2-3-8/h4-6,8H,2-3,7H2,1H3. The average Bonchev–Trinajstić information content (AvgIpc) is 2.98. The van der Waals surface area contributed by atoms with Crippen LogP contribution in [0.4, 0.5) is 4.39 Å². The minimum Gasteiger partial charge on any atom is -0.494 e. The van der Waals surface area contributed by atoms with Crippen LogP contribution in [0.15, 0.2) is 18.2 Å². The molecule has 1 aliphatic rings. The fourth-order valence-corrected chi connectivity index (χ4v) is 1.24. The van der Waals surface area contributed by atoms with E-state index < -0.39 is 0 Å². The second-order valence-electron chi connectivity index (χ2n) is 3.55. The van der Waals surface area contributed by atoms with E-state index in [4.69, 9.17) is 9.47 Å². The van der Waals surface area contributed by atoms with Crippen LogP contribution in [-0.4, -0.2) is 13.7 Å². The highest BCUT2D eigenvalue weighted by Crippen LogP contribution is 2.30. The van der Waals surface area contributed by atoms with Crippen molar-refractivity contribution in [3.63, 3.8) is 0 Å². The molecule has 1 aliphatic carbocycles. The van der Waals surface area contributed by atoms with Crippen molar-refractivity contribution in [3.05, 3.63) is 24.0 Å². The average molecular weight is 196 g/mol. The molecule has 0 bridgehead atoms. The fourth-order valence-electron chi connectivity index (χ4n) is 1.24. The van der Waals surface area contributed by atoms with Gasteiger partial charge in [-0.25, -0.2) is 4.39 Å². The molecule has 76 valence electrons. The van der Waals surface area contributed by atoms with E-state index in [9.17, 15) is 4.39 Å². The second kappa shape index (κ2) is 3.86. The highest BCUT2D eigenvalue weighted by atomic mass is 19.1. The fraction of sp³-hybridized carbons (Fsp3) is 0.455. The number of methoxy groups -OCH3 is 1. The van der Waals surface area contributed by atoms with Crippen LogP contribution in [0, 0.1) is 11.7 Å². The lowest BCUT2D eigenvalue weighted by molar-refractivity contribution is 0.296. The molecule has 2 nitrogen and oxygen atoms in total. The van der Waals surface area contributed by atoms with E-state index in [0.29, 0.717) is 18.3 Å². The van der Waals surface area contributed by atoms with Crippen molar-refractivity contribution in [3.8, 4) is 11.5 Å². The highest BCUT2D eigenvalue weighted by molar-refractivity contribution is 5.33. The van der Waals surface area contributed by atoms with Crippen LogP contribution in [0.2, 0.25) is 0 Å². The van der Waals surface area contributed by atoms with E-state index in [1.807, 2.05) is 0 Å². The first-order chi connectivity index (χ1) is 6.79. The Hall–Kier alpha value is -1.25. The van der Waals surface area contributed by atoms with Crippen molar-refractivity contribution in [2.24, 2.45) is 5.92 Å². The summed E-state index contributed by atoms with van der Waals surface area (Å²) in [7, 11) is 1.45. The molecular weight excluding hydrogens is 183 g/mol. The van der Waals surface area contributed by atoms with Gasteiger partial charge in [-0.05, 0) is 30.9 Å². The van der Waals surface area contributed by atoms with Gasteiger partial charge in [0.05, 0.1) is 13.7 Å². The Balaban J connectivity index is 1.99. The van der Waals surface area contributed by atoms with Crippen molar-refractivity contribution < 1.29 is 13.9 Å². The number of hydrogen-bond donors (Lipinski definition) is 0. The van der Waals surface area contributed by atoms with Crippen LogP contribution in [0.5, 0.6) is 11.5 Å². The molecule has 0 amide bonds. The third-order valence-electron chi connectivity index (χ3n) is 2.31. The van der Waals surface area contributed by atoms with Crippen molar-refractivity contribution in [2.45, 2.75) is 12.8 Å². The summed E-state index contributed by atoms with van der Waals surface area (Å²) in [5.41, 5.74) is 0. The van der Waals surface area contributed by atoms with Crippen molar-refractivity contribution in [2.75, 3.05) is 13.7 Å². The molecule has 1 aromatic carbocycles. The molecular formula is C11H13FO2. The number of halogens is 1. The summed E-state index contributed by atoms with van der Waals surface area (Å²) >= 11 is 0. The van der Waals surface area contributed by atoms with Gasteiger partial charge in [-0.1, -0.05) is 0 Å². The molecule has 0 unspecified atom stereocenters. The molecule has 2 rings (SSSR count). The summed E-state index contributed by atoms with van der Waals surface area (Å²) in [6, 6.07) is 4.67. The van der Waals surface area contributed by atoms with Gasteiger partial charge in [-0.15, -0.1) is 0 Å². The molecule has 3 heteroatoms. The van der Waals surface area contributed by atoms with E-state index in [-0.39, 0.29) is 11.6 Å². The van der Waals surface area contributed by atoms with E-state index in [1.54, 1.807) is 12.1 Å². The highest BCUT2D eigenvalue weighted by Gasteiger charge is 2.21. The zero-order valence-electron chi connectivity index (χ0n) is 8.13. The Morgan fingerprint density at radius 3 is 2.79 bits per heavy atom. The first-order valence-electron chi connectivity index (χ1n) is 4.76. The van der Waals surface area contributed by atoms with Crippen LogP contribution >= 0.6 is 0 Å². The predicted octanol–water partition coefficient (Wildman–Crippen LogP) is 2.62. The predicted molar refractivity (Wildman–Crippen MR) is 51.2 cm³/mol. The Bertz CT molecular complexity index is 321. The minimum absolute atomic E-state index is 0.253. The smallest absolute Gasteiger partial charge is 0.168 e. The molecule has 1 fully saturated rings. The SMILES string of the molecule is COc1ccc(OCC2CC2)cc1F. The lowest BCUT2D eigenvalue weighted by Gasteiger charge is -2.06.